The van der Waals surface area contributed by atoms with Gasteiger partial charge in [0.1, 0.15) is 12.4 Å². The highest BCUT2D eigenvalue weighted by molar-refractivity contribution is 6.17. The molecule has 2 aromatic rings. The Labute approximate surface area is 119 Å². The van der Waals surface area contributed by atoms with Crippen molar-refractivity contribution >= 4 is 11.6 Å². The Morgan fingerprint density at radius 3 is 2.74 bits per heavy atom. The lowest BCUT2D eigenvalue weighted by Crippen LogP contribution is -1.98. The minimum absolute atomic E-state index is 0.486. The minimum atomic E-state index is 0.486. The number of benzene rings is 2. The van der Waals surface area contributed by atoms with Gasteiger partial charge in [-0.2, -0.15) is 0 Å². The average molecular weight is 273 g/mol. The summed E-state index contributed by atoms with van der Waals surface area (Å²) in [6.45, 7) is 0.612. The third-order valence-corrected chi connectivity index (χ3v) is 3.96. The number of ether oxygens (including phenoxy) is 1. The molecule has 0 radical (unpaired) electrons. The van der Waals surface area contributed by atoms with Gasteiger partial charge in [0.05, 0.1) is 5.88 Å². The molecule has 0 spiro atoms. The van der Waals surface area contributed by atoms with Gasteiger partial charge in [0.25, 0.3) is 0 Å². The topological polar surface area (TPSA) is 9.23 Å². The fourth-order valence-corrected chi connectivity index (χ4v) is 2.85. The fraction of sp³-hybridized carbons (Fsp3) is 0.294. The van der Waals surface area contributed by atoms with Crippen LogP contribution >= 0.6 is 11.6 Å². The summed E-state index contributed by atoms with van der Waals surface area (Å²) >= 11 is 5.91. The van der Waals surface area contributed by atoms with Gasteiger partial charge in [0, 0.05) is 5.56 Å². The lowest BCUT2D eigenvalue weighted by atomic mass is 10.1. The van der Waals surface area contributed by atoms with Crippen molar-refractivity contribution in [2.75, 3.05) is 0 Å². The van der Waals surface area contributed by atoms with Gasteiger partial charge in [-0.15, -0.1) is 11.6 Å². The molecule has 0 bridgehead atoms. The van der Waals surface area contributed by atoms with Crippen LogP contribution in [0.3, 0.4) is 0 Å². The van der Waals surface area contributed by atoms with Gasteiger partial charge in [0.2, 0.25) is 0 Å². The van der Waals surface area contributed by atoms with E-state index in [2.05, 4.69) is 18.2 Å². The number of fused-ring (bicyclic) bond motifs is 1. The van der Waals surface area contributed by atoms with Crippen LogP contribution in [0, 0.1) is 0 Å². The zero-order valence-corrected chi connectivity index (χ0v) is 11.6. The fourth-order valence-electron chi connectivity index (χ4n) is 2.63. The summed E-state index contributed by atoms with van der Waals surface area (Å²) in [6.07, 6.45) is 3.72. The molecule has 1 nitrogen and oxygen atoms in total. The summed E-state index contributed by atoms with van der Waals surface area (Å²) in [5.41, 5.74) is 5.28. The molecule has 0 atom stereocenters. The third-order valence-electron chi connectivity index (χ3n) is 3.67. The molecule has 0 heterocycles. The minimum Gasteiger partial charge on any atom is -0.489 e. The highest BCUT2D eigenvalue weighted by atomic mass is 35.5. The van der Waals surface area contributed by atoms with Gasteiger partial charge >= 0.3 is 0 Å². The first-order chi connectivity index (χ1) is 9.36. The molecule has 19 heavy (non-hydrogen) atoms. The first kappa shape index (κ1) is 12.6. The Kier molecular flexibility index (Phi) is 3.74. The van der Waals surface area contributed by atoms with Crippen molar-refractivity contribution in [3.63, 3.8) is 0 Å². The molecule has 0 fully saturated rings. The van der Waals surface area contributed by atoms with E-state index in [0.29, 0.717) is 12.5 Å². The molecule has 0 saturated carbocycles. The largest absolute Gasteiger partial charge is 0.489 e. The molecular weight excluding hydrogens is 256 g/mol. The zero-order chi connectivity index (χ0) is 13.1. The van der Waals surface area contributed by atoms with Crippen LogP contribution in [0.5, 0.6) is 5.75 Å². The number of rotatable bonds is 4. The summed E-state index contributed by atoms with van der Waals surface area (Å²) in [5.74, 6) is 1.37. The number of hydrogen-bond donors (Lipinski definition) is 0. The van der Waals surface area contributed by atoms with E-state index in [9.17, 15) is 0 Å². The van der Waals surface area contributed by atoms with Crippen LogP contribution in [0.25, 0.3) is 0 Å². The van der Waals surface area contributed by atoms with Crippen LogP contribution in [0.1, 0.15) is 28.7 Å². The van der Waals surface area contributed by atoms with E-state index < -0.39 is 0 Å². The highest BCUT2D eigenvalue weighted by Crippen LogP contribution is 2.25. The monoisotopic (exact) mass is 272 g/mol. The third kappa shape index (κ3) is 2.76. The first-order valence-corrected chi connectivity index (χ1v) is 7.27. The molecule has 3 rings (SSSR count). The summed E-state index contributed by atoms with van der Waals surface area (Å²) in [6, 6.07) is 14.7. The molecule has 0 unspecified atom stereocenters. The van der Waals surface area contributed by atoms with E-state index in [1.54, 1.807) is 0 Å². The van der Waals surface area contributed by atoms with Crippen LogP contribution in [-0.2, 0) is 25.3 Å². The van der Waals surface area contributed by atoms with Crippen molar-refractivity contribution in [1.82, 2.24) is 0 Å². The maximum Gasteiger partial charge on any atom is 0.124 e. The predicted octanol–water partition coefficient (Wildman–Crippen LogP) is 4.49. The average Bonchev–Trinajstić information content (AvgIpc) is 2.93. The van der Waals surface area contributed by atoms with E-state index >= 15 is 0 Å². The molecule has 2 heteroatoms. The Bertz CT molecular complexity index is 577. The number of aryl methyl sites for hydroxylation is 2. The molecule has 0 aromatic heterocycles. The van der Waals surface area contributed by atoms with Gasteiger partial charge in [-0.1, -0.05) is 36.4 Å². The van der Waals surface area contributed by atoms with Crippen LogP contribution in [0.4, 0.5) is 0 Å². The first-order valence-electron chi connectivity index (χ1n) is 6.74. The summed E-state index contributed by atoms with van der Waals surface area (Å²) in [4.78, 5) is 0. The van der Waals surface area contributed by atoms with Crippen LogP contribution in [0.2, 0.25) is 0 Å². The van der Waals surface area contributed by atoms with E-state index in [1.807, 2.05) is 24.3 Å². The second-order valence-corrected chi connectivity index (χ2v) is 5.25. The van der Waals surface area contributed by atoms with E-state index in [0.717, 1.165) is 11.3 Å². The maximum absolute atomic E-state index is 5.91. The number of hydrogen-bond acceptors (Lipinski definition) is 1. The molecule has 0 N–H and O–H groups in total. The van der Waals surface area contributed by atoms with Gasteiger partial charge in [-0.3, -0.25) is 0 Å². The number of alkyl halides is 1. The van der Waals surface area contributed by atoms with Gasteiger partial charge in [-0.05, 0) is 42.0 Å². The quantitative estimate of drug-likeness (QED) is 0.745. The van der Waals surface area contributed by atoms with Crippen LogP contribution in [-0.4, -0.2) is 0 Å². The van der Waals surface area contributed by atoms with Crippen molar-refractivity contribution in [1.29, 1.82) is 0 Å². The van der Waals surface area contributed by atoms with Gasteiger partial charge < -0.3 is 4.74 Å². The molecule has 0 amide bonds. The molecule has 1 aliphatic carbocycles. The Morgan fingerprint density at radius 1 is 1.00 bits per heavy atom. The molecular formula is C17H17ClO. The summed E-state index contributed by atoms with van der Waals surface area (Å²) < 4.78 is 5.89. The van der Waals surface area contributed by atoms with Crippen molar-refractivity contribution in [3.8, 4) is 5.75 Å². The molecule has 1 aliphatic rings. The van der Waals surface area contributed by atoms with Crippen molar-refractivity contribution < 1.29 is 4.74 Å². The Balaban J connectivity index is 1.72. The number of halogens is 1. The lowest BCUT2D eigenvalue weighted by Gasteiger charge is -2.10. The predicted molar refractivity (Wildman–Crippen MR) is 78.8 cm³/mol. The normalized spacial score (nSPS) is 13.3. The second-order valence-electron chi connectivity index (χ2n) is 4.99. The Morgan fingerprint density at radius 2 is 1.84 bits per heavy atom. The Hall–Kier alpha value is -1.47. The summed E-state index contributed by atoms with van der Waals surface area (Å²) in [7, 11) is 0. The highest BCUT2D eigenvalue weighted by Gasteiger charge is 2.11. The standard InChI is InChI=1S/C17H17ClO/c18-11-16-4-1-2-7-17(16)19-12-13-8-9-14-5-3-6-15(14)10-13/h1-2,4,7-10H,3,5-6,11-12H2. The zero-order valence-electron chi connectivity index (χ0n) is 10.9. The molecule has 0 saturated heterocycles. The lowest BCUT2D eigenvalue weighted by molar-refractivity contribution is 0.303. The molecule has 98 valence electrons. The number of para-hydroxylation sites is 1. The SMILES string of the molecule is ClCc1ccccc1OCc1ccc2c(c1)CCC2. The molecule has 2 aromatic carbocycles. The van der Waals surface area contributed by atoms with Crippen LogP contribution in [0.15, 0.2) is 42.5 Å². The molecule has 0 aliphatic heterocycles. The second kappa shape index (κ2) is 5.66. The van der Waals surface area contributed by atoms with Gasteiger partial charge in [-0.25, -0.2) is 0 Å². The maximum atomic E-state index is 5.91. The van der Waals surface area contributed by atoms with Gasteiger partial charge in [0.15, 0.2) is 0 Å². The van der Waals surface area contributed by atoms with E-state index in [1.165, 1.54) is 36.0 Å². The van der Waals surface area contributed by atoms with Crippen LogP contribution < -0.4 is 4.74 Å². The summed E-state index contributed by atoms with van der Waals surface area (Å²) in [5, 5.41) is 0. The van der Waals surface area contributed by atoms with Crippen molar-refractivity contribution in [2.45, 2.75) is 31.7 Å². The van der Waals surface area contributed by atoms with Crippen molar-refractivity contribution in [3.05, 3.63) is 64.7 Å². The van der Waals surface area contributed by atoms with E-state index in [-0.39, 0.29) is 0 Å². The van der Waals surface area contributed by atoms with E-state index in [4.69, 9.17) is 16.3 Å². The van der Waals surface area contributed by atoms with Crippen molar-refractivity contribution in [2.24, 2.45) is 0 Å². The smallest absolute Gasteiger partial charge is 0.124 e.